The van der Waals surface area contributed by atoms with Gasteiger partial charge in [0.05, 0.1) is 30.4 Å². The van der Waals surface area contributed by atoms with Crippen LogP contribution < -0.4 is 0 Å². The van der Waals surface area contributed by atoms with Crippen LogP contribution in [0, 0.1) is 0 Å². The molecule has 2 saturated heterocycles. The smallest absolute Gasteiger partial charge is 0.261 e. The predicted octanol–water partition coefficient (Wildman–Crippen LogP) is 2.89. The maximum absolute atomic E-state index is 13.4. The SMILES string of the molecule is O=C1c2ccc(C(=O)N3CCCCC3C3OCCO3)cc2C(=O)N1CCc1ccccc1. The van der Waals surface area contributed by atoms with Crippen molar-refractivity contribution < 1.29 is 23.9 Å². The highest BCUT2D eigenvalue weighted by Crippen LogP contribution is 2.29. The molecule has 3 aliphatic rings. The molecule has 1 unspecified atom stereocenters. The standard InChI is InChI=1S/C25H26N2O5/c28-22(26-12-5-4-8-21(26)25-31-14-15-32-25)18-9-10-19-20(16-18)24(30)27(23(19)29)13-11-17-6-2-1-3-7-17/h1-3,6-7,9-10,16,21,25H,4-5,8,11-15H2. The minimum absolute atomic E-state index is 0.133. The van der Waals surface area contributed by atoms with Crippen molar-refractivity contribution >= 4 is 17.7 Å². The number of amides is 3. The number of hydrogen-bond donors (Lipinski definition) is 0. The molecule has 0 radical (unpaired) electrons. The fourth-order valence-electron chi connectivity index (χ4n) is 4.77. The molecule has 32 heavy (non-hydrogen) atoms. The van der Waals surface area contributed by atoms with E-state index in [0.29, 0.717) is 49.4 Å². The molecule has 5 rings (SSSR count). The predicted molar refractivity (Wildman–Crippen MR) is 116 cm³/mol. The van der Waals surface area contributed by atoms with Crippen molar-refractivity contribution in [2.45, 2.75) is 38.0 Å². The molecule has 3 heterocycles. The average molecular weight is 434 g/mol. The largest absolute Gasteiger partial charge is 0.348 e. The molecular weight excluding hydrogens is 408 g/mol. The molecule has 1 atom stereocenters. The summed E-state index contributed by atoms with van der Waals surface area (Å²) in [4.78, 5) is 42.2. The summed E-state index contributed by atoms with van der Waals surface area (Å²) in [5.41, 5.74) is 2.14. The van der Waals surface area contributed by atoms with Gasteiger partial charge in [0, 0.05) is 18.7 Å². The molecule has 0 bridgehead atoms. The van der Waals surface area contributed by atoms with Gasteiger partial charge in [-0.15, -0.1) is 0 Å². The molecule has 7 nitrogen and oxygen atoms in total. The normalized spacial score (nSPS) is 21.3. The molecule has 0 N–H and O–H groups in total. The van der Waals surface area contributed by atoms with E-state index in [1.807, 2.05) is 30.3 Å². The van der Waals surface area contributed by atoms with Crippen LogP contribution in [-0.4, -0.2) is 66.2 Å². The number of carbonyl (C=O) groups excluding carboxylic acids is 3. The molecule has 0 spiro atoms. The van der Waals surface area contributed by atoms with E-state index in [4.69, 9.17) is 9.47 Å². The maximum Gasteiger partial charge on any atom is 0.261 e. The summed E-state index contributed by atoms with van der Waals surface area (Å²) in [6.45, 7) is 2.01. The molecule has 3 aliphatic heterocycles. The maximum atomic E-state index is 13.4. The summed E-state index contributed by atoms with van der Waals surface area (Å²) in [5.74, 6) is -0.795. The van der Waals surface area contributed by atoms with E-state index < -0.39 is 6.29 Å². The van der Waals surface area contributed by atoms with Crippen molar-refractivity contribution in [3.8, 4) is 0 Å². The van der Waals surface area contributed by atoms with Gasteiger partial charge in [-0.3, -0.25) is 19.3 Å². The Morgan fingerprint density at radius 3 is 2.47 bits per heavy atom. The van der Waals surface area contributed by atoms with Crippen LogP contribution >= 0.6 is 0 Å². The summed E-state index contributed by atoms with van der Waals surface area (Å²) in [6.07, 6.45) is 2.96. The van der Waals surface area contributed by atoms with Gasteiger partial charge in [0.2, 0.25) is 0 Å². The average Bonchev–Trinajstić information content (AvgIpc) is 3.45. The molecule has 0 aromatic heterocycles. The fourth-order valence-corrected chi connectivity index (χ4v) is 4.77. The first-order valence-electron chi connectivity index (χ1n) is 11.2. The number of nitrogens with zero attached hydrogens (tertiary/aromatic N) is 2. The Kier molecular flexibility index (Phi) is 5.76. The Hall–Kier alpha value is -3.03. The van der Waals surface area contributed by atoms with Crippen molar-refractivity contribution in [1.29, 1.82) is 0 Å². The van der Waals surface area contributed by atoms with E-state index in [2.05, 4.69) is 0 Å². The van der Waals surface area contributed by atoms with E-state index >= 15 is 0 Å². The number of fused-ring (bicyclic) bond motifs is 1. The number of benzene rings is 2. The lowest BCUT2D eigenvalue weighted by Gasteiger charge is -2.38. The third-order valence-corrected chi connectivity index (χ3v) is 6.46. The molecule has 166 valence electrons. The molecule has 7 heteroatoms. The summed E-state index contributed by atoms with van der Waals surface area (Å²) in [5, 5.41) is 0. The molecule has 0 aliphatic carbocycles. The lowest BCUT2D eigenvalue weighted by atomic mass is 9.99. The Balaban J connectivity index is 1.34. The molecule has 2 aromatic rings. The highest BCUT2D eigenvalue weighted by Gasteiger charge is 2.39. The van der Waals surface area contributed by atoms with Gasteiger partial charge in [-0.2, -0.15) is 0 Å². The quantitative estimate of drug-likeness (QED) is 0.677. The van der Waals surface area contributed by atoms with Gasteiger partial charge in [0.25, 0.3) is 17.7 Å². The van der Waals surface area contributed by atoms with Crippen molar-refractivity contribution in [2.75, 3.05) is 26.3 Å². The first-order chi connectivity index (χ1) is 15.6. The zero-order chi connectivity index (χ0) is 22.1. The van der Waals surface area contributed by atoms with E-state index in [9.17, 15) is 14.4 Å². The molecule has 2 aromatic carbocycles. The molecule has 2 fully saturated rings. The third-order valence-electron chi connectivity index (χ3n) is 6.46. The van der Waals surface area contributed by atoms with Gasteiger partial charge >= 0.3 is 0 Å². The minimum Gasteiger partial charge on any atom is -0.348 e. The van der Waals surface area contributed by atoms with Crippen LogP contribution in [0.25, 0.3) is 0 Å². The highest BCUT2D eigenvalue weighted by molar-refractivity contribution is 6.22. The van der Waals surface area contributed by atoms with Gasteiger partial charge in [0.15, 0.2) is 6.29 Å². The highest BCUT2D eigenvalue weighted by atomic mass is 16.7. The lowest BCUT2D eigenvalue weighted by Crippen LogP contribution is -2.50. The summed E-state index contributed by atoms with van der Waals surface area (Å²) < 4.78 is 11.3. The second-order valence-electron chi connectivity index (χ2n) is 8.43. The number of ether oxygens (including phenoxy) is 2. The van der Waals surface area contributed by atoms with Crippen LogP contribution in [0.15, 0.2) is 48.5 Å². The molecule has 0 saturated carbocycles. The van der Waals surface area contributed by atoms with Crippen molar-refractivity contribution in [1.82, 2.24) is 9.80 Å². The van der Waals surface area contributed by atoms with Crippen molar-refractivity contribution in [3.05, 3.63) is 70.8 Å². The van der Waals surface area contributed by atoms with Crippen LogP contribution in [-0.2, 0) is 15.9 Å². The monoisotopic (exact) mass is 434 g/mol. The second kappa shape index (κ2) is 8.84. The van der Waals surface area contributed by atoms with Gasteiger partial charge in [-0.05, 0) is 49.4 Å². The molecule has 3 amide bonds. The summed E-state index contributed by atoms with van der Waals surface area (Å²) >= 11 is 0. The topological polar surface area (TPSA) is 76.1 Å². The summed E-state index contributed by atoms with van der Waals surface area (Å²) in [7, 11) is 0. The Morgan fingerprint density at radius 2 is 1.69 bits per heavy atom. The van der Waals surface area contributed by atoms with Crippen LogP contribution in [0.2, 0.25) is 0 Å². The van der Waals surface area contributed by atoms with Crippen LogP contribution in [0.3, 0.4) is 0 Å². The first kappa shape index (κ1) is 20.8. The van der Waals surface area contributed by atoms with Crippen LogP contribution in [0.1, 0.15) is 55.9 Å². The Bertz CT molecular complexity index is 1030. The number of likely N-dealkylation sites (tertiary alicyclic amines) is 1. The van der Waals surface area contributed by atoms with Crippen LogP contribution in [0.5, 0.6) is 0 Å². The van der Waals surface area contributed by atoms with Crippen molar-refractivity contribution in [3.63, 3.8) is 0 Å². The second-order valence-corrected chi connectivity index (χ2v) is 8.43. The number of carbonyl (C=O) groups is 3. The number of piperidine rings is 1. The minimum atomic E-state index is -0.398. The zero-order valence-corrected chi connectivity index (χ0v) is 17.9. The molecular formula is C25H26N2O5. The first-order valence-corrected chi connectivity index (χ1v) is 11.2. The van der Waals surface area contributed by atoms with E-state index in [1.54, 1.807) is 23.1 Å². The summed E-state index contributed by atoms with van der Waals surface area (Å²) in [6, 6.07) is 14.4. The number of hydrogen-bond acceptors (Lipinski definition) is 5. The van der Waals surface area contributed by atoms with Gasteiger partial charge in [-0.25, -0.2) is 0 Å². The Morgan fingerprint density at radius 1 is 0.938 bits per heavy atom. The van der Waals surface area contributed by atoms with E-state index in [0.717, 1.165) is 24.8 Å². The zero-order valence-electron chi connectivity index (χ0n) is 17.9. The van der Waals surface area contributed by atoms with E-state index in [-0.39, 0.29) is 23.8 Å². The van der Waals surface area contributed by atoms with Crippen molar-refractivity contribution in [2.24, 2.45) is 0 Å². The number of imide groups is 1. The fraction of sp³-hybridized carbons (Fsp3) is 0.400. The Labute approximate surface area is 186 Å². The lowest BCUT2D eigenvalue weighted by molar-refractivity contribution is -0.100. The third kappa shape index (κ3) is 3.82. The van der Waals surface area contributed by atoms with Gasteiger partial charge < -0.3 is 14.4 Å². The van der Waals surface area contributed by atoms with Crippen LogP contribution in [0.4, 0.5) is 0 Å². The van der Waals surface area contributed by atoms with E-state index in [1.165, 1.54) is 4.90 Å². The van der Waals surface area contributed by atoms with Gasteiger partial charge in [0.1, 0.15) is 0 Å². The van der Waals surface area contributed by atoms with Gasteiger partial charge in [-0.1, -0.05) is 30.3 Å². The number of rotatable bonds is 5.